The third-order valence-electron chi connectivity index (χ3n) is 6.59. The number of rotatable bonds is 8. The number of hydrogen-bond acceptors (Lipinski definition) is 5. The standard InChI is InChI=1S/C28H30N4O2S2/c1-19(2)15-26(28-16-22-7-5-6-8-27(22)35-28)31(4)36(33,34)23-11-9-21(10-12-23)18-32-20(3)30-24-17-29-14-13-25(24)32/h5-14,16-17,19,26H,15,18H2,1-4H3. The number of nitrogens with zero attached hydrogens (tertiary/aromatic N) is 4. The first kappa shape index (κ1) is 24.6. The molecule has 186 valence electrons. The van der Waals surface area contributed by atoms with Crippen LogP contribution in [-0.2, 0) is 16.6 Å². The Morgan fingerprint density at radius 3 is 2.53 bits per heavy atom. The molecule has 36 heavy (non-hydrogen) atoms. The van der Waals surface area contributed by atoms with Crippen LogP contribution in [0.3, 0.4) is 0 Å². The van der Waals surface area contributed by atoms with Crippen molar-refractivity contribution < 1.29 is 8.42 Å². The van der Waals surface area contributed by atoms with Gasteiger partial charge in [0.2, 0.25) is 10.0 Å². The fraction of sp³-hybridized carbons (Fsp3) is 0.286. The van der Waals surface area contributed by atoms with Crippen LogP contribution in [0.1, 0.15) is 42.6 Å². The molecule has 0 radical (unpaired) electrons. The average Bonchev–Trinajstić information content (AvgIpc) is 3.43. The van der Waals surface area contributed by atoms with Gasteiger partial charge in [-0.3, -0.25) is 4.98 Å². The maximum Gasteiger partial charge on any atom is 0.243 e. The number of hydrogen-bond donors (Lipinski definition) is 0. The Balaban J connectivity index is 1.42. The molecule has 8 heteroatoms. The van der Waals surface area contributed by atoms with Crippen molar-refractivity contribution in [3.05, 3.63) is 89.3 Å². The molecule has 0 amide bonds. The predicted molar refractivity (Wildman–Crippen MR) is 147 cm³/mol. The van der Waals surface area contributed by atoms with E-state index in [-0.39, 0.29) is 6.04 Å². The molecule has 6 nitrogen and oxygen atoms in total. The zero-order chi connectivity index (χ0) is 25.4. The molecule has 0 saturated heterocycles. The average molecular weight is 519 g/mol. The van der Waals surface area contributed by atoms with Gasteiger partial charge >= 0.3 is 0 Å². The molecule has 5 aromatic rings. The van der Waals surface area contributed by atoms with Gasteiger partial charge in [-0.1, -0.05) is 44.2 Å². The second-order valence-corrected chi connectivity index (χ2v) is 12.7. The summed E-state index contributed by atoms with van der Waals surface area (Å²) in [4.78, 5) is 10.1. The van der Waals surface area contributed by atoms with Crippen molar-refractivity contribution in [1.29, 1.82) is 0 Å². The molecule has 0 aliphatic carbocycles. The van der Waals surface area contributed by atoms with Crippen LogP contribution in [0.5, 0.6) is 0 Å². The Morgan fingerprint density at radius 2 is 1.81 bits per heavy atom. The van der Waals surface area contributed by atoms with Crippen molar-refractivity contribution >= 4 is 42.5 Å². The lowest BCUT2D eigenvalue weighted by atomic mass is 10.0. The molecule has 0 aliphatic heterocycles. The summed E-state index contributed by atoms with van der Waals surface area (Å²) >= 11 is 1.67. The van der Waals surface area contributed by atoms with Crippen molar-refractivity contribution in [3.63, 3.8) is 0 Å². The monoisotopic (exact) mass is 518 g/mol. The molecule has 0 saturated carbocycles. The number of thiophene rings is 1. The van der Waals surface area contributed by atoms with Gasteiger partial charge < -0.3 is 4.57 Å². The van der Waals surface area contributed by atoms with E-state index in [1.165, 1.54) is 4.70 Å². The SMILES string of the molecule is Cc1nc2cnccc2n1Cc1ccc(S(=O)(=O)N(C)C(CC(C)C)c2cc3ccccc3s2)cc1. The molecule has 0 aliphatic rings. The van der Waals surface area contributed by atoms with Gasteiger partial charge in [-0.15, -0.1) is 11.3 Å². The molecule has 3 aromatic heterocycles. The van der Waals surface area contributed by atoms with Crippen LogP contribution in [0.25, 0.3) is 21.1 Å². The lowest BCUT2D eigenvalue weighted by Gasteiger charge is -2.28. The fourth-order valence-corrected chi connectivity index (χ4v) is 7.28. The van der Waals surface area contributed by atoms with Crippen molar-refractivity contribution in [1.82, 2.24) is 18.8 Å². The molecule has 0 spiro atoms. The summed E-state index contributed by atoms with van der Waals surface area (Å²) in [5, 5.41) is 1.15. The summed E-state index contributed by atoms with van der Waals surface area (Å²) in [6.45, 7) is 6.85. The number of fused-ring (bicyclic) bond motifs is 2. The number of pyridine rings is 1. The van der Waals surface area contributed by atoms with Crippen LogP contribution in [0, 0.1) is 12.8 Å². The molecular weight excluding hydrogens is 488 g/mol. The highest BCUT2D eigenvalue weighted by molar-refractivity contribution is 7.89. The van der Waals surface area contributed by atoms with Gasteiger partial charge in [-0.2, -0.15) is 4.31 Å². The maximum absolute atomic E-state index is 13.7. The summed E-state index contributed by atoms with van der Waals surface area (Å²) in [6.07, 6.45) is 4.27. The van der Waals surface area contributed by atoms with E-state index in [0.717, 1.165) is 39.1 Å². The Bertz CT molecular complexity index is 1590. The van der Waals surface area contributed by atoms with Gasteiger partial charge in [0, 0.05) is 29.4 Å². The van der Waals surface area contributed by atoms with Crippen molar-refractivity contribution in [2.24, 2.45) is 5.92 Å². The topological polar surface area (TPSA) is 68.1 Å². The molecule has 5 rings (SSSR count). The van der Waals surface area contributed by atoms with Crippen LogP contribution < -0.4 is 0 Å². The third-order valence-corrected chi connectivity index (χ3v) is 9.69. The van der Waals surface area contributed by atoms with Crippen LogP contribution in [0.15, 0.2) is 78.0 Å². The fourth-order valence-electron chi connectivity index (χ4n) is 4.64. The Labute approximate surface area is 216 Å². The minimum Gasteiger partial charge on any atom is -0.324 e. The minimum atomic E-state index is -3.68. The van der Waals surface area contributed by atoms with Crippen LogP contribution in [-0.4, -0.2) is 34.3 Å². The number of sulfonamides is 1. The highest BCUT2D eigenvalue weighted by Crippen LogP contribution is 2.38. The van der Waals surface area contributed by atoms with E-state index in [9.17, 15) is 8.42 Å². The highest BCUT2D eigenvalue weighted by Gasteiger charge is 2.31. The Hall–Kier alpha value is -3.07. The number of aromatic nitrogens is 3. The quantitative estimate of drug-likeness (QED) is 0.238. The zero-order valence-corrected chi connectivity index (χ0v) is 22.6. The van der Waals surface area contributed by atoms with Crippen LogP contribution in [0.4, 0.5) is 0 Å². The molecule has 0 bridgehead atoms. The van der Waals surface area contributed by atoms with Crippen molar-refractivity contribution in [2.45, 2.75) is 44.7 Å². The third kappa shape index (κ3) is 4.68. The minimum absolute atomic E-state index is 0.222. The van der Waals surface area contributed by atoms with Crippen molar-refractivity contribution in [3.8, 4) is 0 Å². The Morgan fingerprint density at radius 1 is 1.06 bits per heavy atom. The molecule has 1 atom stereocenters. The van der Waals surface area contributed by atoms with Gasteiger partial charge in [0.1, 0.15) is 11.3 Å². The van der Waals surface area contributed by atoms with E-state index in [4.69, 9.17) is 0 Å². The first-order valence-corrected chi connectivity index (χ1v) is 14.3. The highest BCUT2D eigenvalue weighted by atomic mass is 32.2. The summed E-state index contributed by atoms with van der Waals surface area (Å²) in [7, 11) is -1.97. The number of imidazole rings is 1. The lowest BCUT2D eigenvalue weighted by Crippen LogP contribution is -2.31. The molecule has 0 N–H and O–H groups in total. The summed E-state index contributed by atoms with van der Waals surface area (Å²) < 4.78 is 32.3. The zero-order valence-electron chi connectivity index (χ0n) is 20.9. The van der Waals surface area contributed by atoms with E-state index < -0.39 is 10.0 Å². The summed E-state index contributed by atoms with van der Waals surface area (Å²) in [5.74, 6) is 1.25. The van der Waals surface area contributed by atoms with E-state index in [2.05, 4.69) is 46.6 Å². The molecule has 2 aromatic carbocycles. The van der Waals surface area contributed by atoms with Gasteiger partial charge in [0.05, 0.1) is 22.7 Å². The second-order valence-electron chi connectivity index (χ2n) is 9.61. The molecule has 1 unspecified atom stereocenters. The molecular formula is C28H30N4O2S2. The van der Waals surface area contributed by atoms with Crippen molar-refractivity contribution in [2.75, 3.05) is 7.05 Å². The van der Waals surface area contributed by atoms with E-state index in [1.807, 2.05) is 37.3 Å². The van der Waals surface area contributed by atoms with Crippen LogP contribution >= 0.6 is 11.3 Å². The van der Waals surface area contributed by atoms with Gasteiger partial charge in [-0.05, 0) is 60.5 Å². The lowest BCUT2D eigenvalue weighted by molar-refractivity contribution is 0.328. The van der Waals surface area contributed by atoms with Gasteiger partial charge in [-0.25, -0.2) is 13.4 Å². The summed E-state index contributed by atoms with van der Waals surface area (Å²) in [6, 6.07) is 19.3. The normalized spacial score (nSPS) is 13.3. The Kier molecular flexibility index (Phi) is 6.68. The first-order chi connectivity index (χ1) is 17.2. The number of benzene rings is 2. The molecule has 3 heterocycles. The maximum atomic E-state index is 13.7. The summed E-state index contributed by atoms with van der Waals surface area (Å²) in [5.41, 5.74) is 2.88. The van der Waals surface area contributed by atoms with Gasteiger partial charge in [0.15, 0.2) is 0 Å². The van der Waals surface area contributed by atoms with Gasteiger partial charge in [0.25, 0.3) is 0 Å². The number of aryl methyl sites for hydroxylation is 1. The second kappa shape index (κ2) is 9.76. The first-order valence-electron chi connectivity index (χ1n) is 12.1. The van der Waals surface area contributed by atoms with E-state index >= 15 is 0 Å². The molecule has 0 fully saturated rings. The predicted octanol–water partition coefficient (Wildman–Crippen LogP) is 6.41. The van der Waals surface area contributed by atoms with Crippen LogP contribution in [0.2, 0.25) is 0 Å². The van der Waals surface area contributed by atoms with E-state index in [1.54, 1.807) is 47.2 Å². The largest absolute Gasteiger partial charge is 0.324 e. The smallest absolute Gasteiger partial charge is 0.243 e. The van der Waals surface area contributed by atoms with E-state index in [0.29, 0.717) is 17.4 Å².